The lowest BCUT2D eigenvalue weighted by Gasteiger charge is -2.26. The number of nitrogens with two attached hydrogens (primary N) is 1. The summed E-state index contributed by atoms with van der Waals surface area (Å²) in [4.78, 5) is 12.1. The van der Waals surface area contributed by atoms with Gasteiger partial charge in [0.15, 0.2) is 0 Å². The molecule has 0 aliphatic heterocycles. The van der Waals surface area contributed by atoms with Crippen LogP contribution in [0.2, 0.25) is 5.02 Å². The third-order valence-electron chi connectivity index (χ3n) is 2.76. The van der Waals surface area contributed by atoms with Crippen LogP contribution in [0.4, 0.5) is 5.69 Å². The molecule has 0 aliphatic carbocycles. The van der Waals surface area contributed by atoms with E-state index in [0.29, 0.717) is 18.7 Å². The maximum atomic E-state index is 10.8. The van der Waals surface area contributed by atoms with Gasteiger partial charge in [0, 0.05) is 25.2 Å². The Labute approximate surface area is 110 Å². The van der Waals surface area contributed by atoms with Crippen molar-refractivity contribution < 1.29 is 10.0 Å². The molecule has 18 heavy (non-hydrogen) atoms. The summed E-state index contributed by atoms with van der Waals surface area (Å²) in [6.07, 6.45) is 0. The van der Waals surface area contributed by atoms with Crippen LogP contribution in [-0.4, -0.2) is 41.7 Å². The minimum absolute atomic E-state index is 0.00266. The van der Waals surface area contributed by atoms with Gasteiger partial charge in [-0.05, 0) is 18.7 Å². The van der Waals surface area contributed by atoms with Gasteiger partial charge < -0.3 is 10.8 Å². The van der Waals surface area contributed by atoms with E-state index in [-0.39, 0.29) is 23.4 Å². The van der Waals surface area contributed by atoms with Crippen molar-refractivity contribution in [1.29, 1.82) is 0 Å². The largest absolute Gasteiger partial charge is 0.395 e. The summed E-state index contributed by atoms with van der Waals surface area (Å²) in [5.74, 6) is 0. The van der Waals surface area contributed by atoms with Crippen molar-refractivity contribution in [2.75, 3.05) is 26.7 Å². The van der Waals surface area contributed by atoms with Crippen LogP contribution in [0.25, 0.3) is 0 Å². The molecule has 3 N–H and O–H groups in total. The predicted octanol–water partition coefficient (Wildman–Crippen LogP) is 1.17. The summed E-state index contributed by atoms with van der Waals surface area (Å²) < 4.78 is 0. The predicted molar refractivity (Wildman–Crippen MR) is 69.6 cm³/mol. The van der Waals surface area contributed by atoms with Gasteiger partial charge in [0.1, 0.15) is 5.02 Å². The summed E-state index contributed by atoms with van der Waals surface area (Å²) in [5, 5.41) is 19.8. The molecule has 1 atom stereocenters. The first-order valence-electron chi connectivity index (χ1n) is 5.46. The van der Waals surface area contributed by atoms with E-state index in [2.05, 4.69) is 0 Å². The van der Waals surface area contributed by atoms with Crippen LogP contribution in [-0.2, 0) is 0 Å². The first-order chi connectivity index (χ1) is 8.51. The fourth-order valence-electron chi connectivity index (χ4n) is 1.76. The number of rotatable bonds is 6. The van der Waals surface area contributed by atoms with Crippen LogP contribution in [0.15, 0.2) is 18.2 Å². The molecule has 1 unspecified atom stereocenters. The highest BCUT2D eigenvalue weighted by molar-refractivity contribution is 6.32. The zero-order valence-corrected chi connectivity index (χ0v) is 10.8. The number of hydrogen-bond donors (Lipinski definition) is 2. The standard InChI is InChI=1S/C11H16ClN3O3/c1-14(4-5-16)11(7-13)8-2-3-9(12)10(6-8)15(17)18/h2-3,6,11,16H,4-5,7,13H2,1H3. The second-order valence-corrected chi connectivity index (χ2v) is 4.33. The summed E-state index contributed by atoms with van der Waals surface area (Å²) in [7, 11) is 1.80. The average Bonchev–Trinajstić information content (AvgIpc) is 2.32. The quantitative estimate of drug-likeness (QED) is 0.599. The topological polar surface area (TPSA) is 92.6 Å². The smallest absolute Gasteiger partial charge is 0.288 e. The molecule has 0 aromatic heterocycles. The van der Waals surface area contributed by atoms with E-state index in [1.165, 1.54) is 12.1 Å². The number of aliphatic hydroxyl groups excluding tert-OH is 1. The van der Waals surface area contributed by atoms with Crippen LogP contribution in [0, 0.1) is 10.1 Å². The minimum atomic E-state index is -0.522. The van der Waals surface area contributed by atoms with E-state index in [1.807, 2.05) is 4.90 Å². The maximum Gasteiger partial charge on any atom is 0.288 e. The van der Waals surface area contributed by atoms with Crippen LogP contribution in [0.1, 0.15) is 11.6 Å². The fraction of sp³-hybridized carbons (Fsp3) is 0.455. The van der Waals surface area contributed by atoms with Gasteiger partial charge in [0.05, 0.1) is 11.5 Å². The van der Waals surface area contributed by atoms with E-state index >= 15 is 0 Å². The Morgan fingerprint density at radius 3 is 2.78 bits per heavy atom. The molecule has 6 nitrogen and oxygen atoms in total. The molecule has 0 spiro atoms. The second-order valence-electron chi connectivity index (χ2n) is 3.92. The zero-order chi connectivity index (χ0) is 13.7. The Hall–Kier alpha value is -1.21. The molecule has 1 rings (SSSR count). The highest BCUT2D eigenvalue weighted by Gasteiger charge is 2.20. The van der Waals surface area contributed by atoms with Crippen molar-refractivity contribution in [1.82, 2.24) is 4.90 Å². The van der Waals surface area contributed by atoms with Gasteiger partial charge in [-0.2, -0.15) is 0 Å². The number of nitro groups is 1. The lowest BCUT2D eigenvalue weighted by atomic mass is 10.0. The molecular weight excluding hydrogens is 258 g/mol. The van der Waals surface area contributed by atoms with E-state index in [9.17, 15) is 10.1 Å². The Morgan fingerprint density at radius 1 is 1.61 bits per heavy atom. The lowest BCUT2D eigenvalue weighted by Crippen LogP contribution is -2.32. The van der Waals surface area contributed by atoms with E-state index in [0.717, 1.165) is 0 Å². The van der Waals surface area contributed by atoms with Crippen LogP contribution in [0.5, 0.6) is 0 Å². The first kappa shape index (κ1) is 14.8. The summed E-state index contributed by atoms with van der Waals surface area (Å²) in [6.45, 7) is 0.746. The molecule has 0 saturated carbocycles. The normalized spacial score (nSPS) is 12.7. The van der Waals surface area contributed by atoms with Crippen molar-refractivity contribution in [3.05, 3.63) is 38.9 Å². The summed E-state index contributed by atoms with van der Waals surface area (Å²) in [5.41, 5.74) is 6.25. The lowest BCUT2D eigenvalue weighted by molar-refractivity contribution is -0.384. The van der Waals surface area contributed by atoms with E-state index < -0.39 is 4.92 Å². The SMILES string of the molecule is CN(CCO)C(CN)c1ccc(Cl)c([N+](=O)[O-])c1. The number of nitro benzene ring substituents is 1. The van der Waals surface area contributed by atoms with Crippen LogP contribution in [0.3, 0.4) is 0 Å². The summed E-state index contributed by atoms with van der Waals surface area (Å²) >= 11 is 5.75. The van der Waals surface area contributed by atoms with Gasteiger partial charge in [-0.25, -0.2) is 0 Å². The highest BCUT2D eigenvalue weighted by Crippen LogP contribution is 2.29. The van der Waals surface area contributed by atoms with Crippen molar-refractivity contribution in [2.24, 2.45) is 5.73 Å². The molecule has 0 heterocycles. The Balaban J connectivity index is 3.07. The van der Waals surface area contributed by atoms with Gasteiger partial charge in [0.2, 0.25) is 0 Å². The Kier molecular flexibility index (Phi) is 5.49. The number of benzene rings is 1. The number of aliphatic hydroxyl groups is 1. The van der Waals surface area contributed by atoms with Gasteiger partial charge in [-0.1, -0.05) is 17.7 Å². The molecule has 0 bridgehead atoms. The van der Waals surface area contributed by atoms with Gasteiger partial charge >= 0.3 is 0 Å². The number of nitrogens with zero attached hydrogens (tertiary/aromatic N) is 2. The molecule has 0 radical (unpaired) electrons. The zero-order valence-electron chi connectivity index (χ0n) is 10.0. The van der Waals surface area contributed by atoms with Crippen LogP contribution < -0.4 is 5.73 Å². The van der Waals surface area contributed by atoms with Crippen molar-refractivity contribution in [3.8, 4) is 0 Å². The maximum absolute atomic E-state index is 10.8. The molecule has 0 fully saturated rings. The van der Waals surface area contributed by atoms with Crippen molar-refractivity contribution >= 4 is 17.3 Å². The fourth-order valence-corrected chi connectivity index (χ4v) is 1.95. The minimum Gasteiger partial charge on any atom is -0.395 e. The molecular formula is C11H16ClN3O3. The second kappa shape index (κ2) is 6.65. The Morgan fingerprint density at radius 2 is 2.28 bits per heavy atom. The monoisotopic (exact) mass is 273 g/mol. The molecule has 7 heteroatoms. The third-order valence-corrected chi connectivity index (χ3v) is 3.08. The van der Waals surface area contributed by atoms with E-state index in [1.54, 1.807) is 13.1 Å². The third kappa shape index (κ3) is 3.39. The number of hydrogen-bond acceptors (Lipinski definition) is 5. The first-order valence-corrected chi connectivity index (χ1v) is 5.84. The van der Waals surface area contributed by atoms with E-state index in [4.69, 9.17) is 22.4 Å². The van der Waals surface area contributed by atoms with Gasteiger partial charge in [-0.3, -0.25) is 15.0 Å². The van der Waals surface area contributed by atoms with Crippen LogP contribution >= 0.6 is 11.6 Å². The van der Waals surface area contributed by atoms with Gasteiger partial charge in [-0.15, -0.1) is 0 Å². The number of likely N-dealkylation sites (N-methyl/N-ethyl adjacent to an activating group) is 1. The molecule has 0 saturated heterocycles. The van der Waals surface area contributed by atoms with Gasteiger partial charge in [0.25, 0.3) is 5.69 Å². The highest BCUT2D eigenvalue weighted by atomic mass is 35.5. The van der Waals surface area contributed by atoms with Crippen molar-refractivity contribution in [2.45, 2.75) is 6.04 Å². The number of halogens is 1. The Bertz CT molecular complexity index is 428. The molecule has 1 aromatic carbocycles. The molecule has 100 valence electrons. The van der Waals surface area contributed by atoms with Crippen molar-refractivity contribution in [3.63, 3.8) is 0 Å². The molecule has 0 aliphatic rings. The molecule has 1 aromatic rings. The summed E-state index contributed by atoms with van der Waals surface area (Å²) in [6, 6.07) is 4.44. The molecule has 0 amide bonds. The average molecular weight is 274 g/mol.